The second-order valence-corrected chi connectivity index (χ2v) is 8.15. The van der Waals surface area contributed by atoms with Crippen LogP contribution in [-0.4, -0.2) is 55.7 Å². The van der Waals surface area contributed by atoms with E-state index in [1.165, 1.54) is 35.7 Å². The molecule has 1 saturated heterocycles. The fourth-order valence-corrected chi connectivity index (χ4v) is 4.32. The Morgan fingerprint density at radius 1 is 1.23 bits per heavy atom. The van der Waals surface area contributed by atoms with Crippen molar-refractivity contribution < 1.29 is 23.4 Å². The number of benzene rings is 2. The highest BCUT2D eigenvalue weighted by atomic mass is 32.2. The summed E-state index contributed by atoms with van der Waals surface area (Å²) in [6.07, 6.45) is -0.769. The number of phenols is 1. The molecule has 1 unspecified atom stereocenters. The summed E-state index contributed by atoms with van der Waals surface area (Å²) < 4.78 is 31.5. The van der Waals surface area contributed by atoms with E-state index in [1.54, 1.807) is 24.3 Å². The smallest absolute Gasteiger partial charge is 0.243 e. The Morgan fingerprint density at radius 3 is 2.54 bits per heavy atom. The van der Waals surface area contributed by atoms with Gasteiger partial charge in [-0.2, -0.15) is 4.31 Å². The summed E-state index contributed by atoms with van der Waals surface area (Å²) in [7, 11) is -1.99. The average molecular weight is 378 g/mol. The number of sulfonamides is 1. The summed E-state index contributed by atoms with van der Waals surface area (Å²) in [4.78, 5) is 0.233. The number of aromatic hydroxyl groups is 1. The number of nitrogens with zero attached hydrogens (tertiary/aromatic N) is 1. The number of nitrogens with one attached hydrogen (secondary N) is 1. The van der Waals surface area contributed by atoms with Gasteiger partial charge in [0.2, 0.25) is 10.0 Å². The average Bonchev–Trinajstić information content (AvgIpc) is 2.60. The third-order valence-corrected chi connectivity index (χ3v) is 6.25. The second-order valence-electron chi connectivity index (χ2n) is 6.21. The molecule has 0 amide bonds. The summed E-state index contributed by atoms with van der Waals surface area (Å²) in [6.45, 7) is 0.979. The van der Waals surface area contributed by atoms with E-state index in [-0.39, 0.29) is 23.2 Å². The van der Waals surface area contributed by atoms with E-state index in [1.807, 2.05) is 0 Å². The number of phenolic OH excluding ortho intramolecular Hbond substituents is 1. The molecule has 2 aromatic rings. The van der Waals surface area contributed by atoms with Crippen molar-refractivity contribution in [3.8, 4) is 11.5 Å². The number of ether oxygens (including phenoxy) is 1. The lowest BCUT2D eigenvalue weighted by Gasteiger charge is -2.39. The molecule has 0 spiro atoms. The van der Waals surface area contributed by atoms with Gasteiger partial charge in [0, 0.05) is 25.7 Å². The normalized spacial score (nSPS) is 16.8. The third-order valence-electron chi connectivity index (χ3n) is 4.40. The quantitative estimate of drug-likeness (QED) is 0.667. The van der Waals surface area contributed by atoms with Crippen molar-refractivity contribution >= 4 is 10.0 Å². The summed E-state index contributed by atoms with van der Waals surface area (Å²) in [5.41, 5.74) is 0.611. The van der Waals surface area contributed by atoms with Gasteiger partial charge in [-0.15, -0.1) is 0 Å². The summed E-state index contributed by atoms with van der Waals surface area (Å²) in [5.74, 6) is 0.704. The molecule has 0 radical (unpaired) electrons. The molecule has 2 aromatic carbocycles. The number of hydrogen-bond acceptors (Lipinski definition) is 6. The van der Waals surface area contributed by atoms with Gasteiger partial charge in [-0.1, -0.05) is 12.1 Å². The molecular weight excluding hydrogens is 356 g/mol. The largest absolute Gasteiger partial charge is 0.508 e. The third kappa shape index (κ3) is 3.99. The molecule has 8 heteroatoms. The van der Waals surface area contributed by atoms with Crippen LogP contribution in [0.4, 0.5) is 0 Å². The van der Waals surface area contributed by atoms with Crippen LogP contribution in [0.15, 0.2) is 53.4 Å². The molecule has 1 atom stereocenters. The minimum absolute atomic E-state index is 0.0185. The molecule has 1 heterocycles. The zero-order valence-corrected chi connectivity index (χ0v) is 15.2. The van der Waals surface area contributed by atoms with Gasteiger partial charge in [0.25, 0.3) is 0 Å². The number of aliphatic hydroxyl groups excluding tert-OH is 1. The Hall–Kier alpha value is -2.13. The minimum atomic E-state index is -3.51. The van der Waals surface area contributed by atoms with Crippen molar-refractivity contribution in [2.24, 2.45) is 0 Å². The molecule has 1 aliphatic rings. The van der Waals surface area contributed by atoms with Gasteiger partial charge < -0.3 is 20.3 Å². The molecule has 140 valence electrons. The van der Waals surface area contributed by atoms with Crippen LogP contribution >= 0.6 is 0 Å². The predicted octanol–water partition coefficient (Wildman–Crippen LogP) is 1.10. The van der Waals surface area contributed by atoms with Gasteiger partial charge >= 0.3 is 0 Å². The monoisotopic (exact) mass is 378 g/mol. The van der Waals surface area contributed by atoms with E-state index in [0.29, 0.717) is 24.4 Å². The van der Waals surface area contributed by atoms with Crippen molar-refractivity contribution in [2.45, 2.75) is 17.0 Å². The van der Waals surface area contributed by atoms with Gasteiger partial charge in [-0.25, -0.2) is 8.42 Å². The molecule has 26 heavy (non-hydrogen) atoms. The van der Waals surface area contributed by atoms with Gasteiger partial charge in [-0.3, -0.25) is 0 Å². The zero-order chi connectivity index (χ0) is 18.7. The molecule has 0 aliphatic carbocycles. The van der Waals surface area contributed by atoms with Crippen LogP contribution in [0.3, 0.4) is 0 Å². The van der Waals surface area contributed by atoms with E-state index in [2.05, 4.69) is 5.32 Å². The Morgan fingerprint density at radius 2 is 1.92 bits per heavy atom. The molecule has 1 fully saturated rings. The van der Waals surface area contributed by atoms with Crippen LogP contribution < -0.4 is 10.1 Å². The Kier molecular flexibility index (Phi) is 5.47. The van der Waals surface area contributed by atoms with Gasteiger partial charge in [0.15, 0.2) is 0 Å². The van der Waals surface area contributed by atoms with E-state index in [9.17, 15) is 18.6 Å². The minimum Gasteiger partial charge on any atom is -0.508 e. The molecule has 0 bridgehead atoms. The predicted molar refractivity (Wildman–Crippen MR) is 96.6 cm³/mol. The molecule has 0 saturated carbocycles. The number of methoxy groups -OCH3 is 1. The van der Waals surface area contributed by atoms with Crippen LogP contribution in [0.1, 0.15) is 11.7 Å². The fourth-order valence-electron chi connectivity index (χ4n) is 2.79. The summed E-state index contributed by atoms with van der Waals surface area (Å²) in [5, 5.41) is 22.7. The molecule has 3 rings (SSSR count). The highest BCUT2D eigenvalue weighted by Crippen LogP contribution is 2.24. The van der Waals surface area contributed by atoms with E-state index >= 15 is 0 Å². The van der Waals surface area contributed by atoms with Crippen LogP contribution in [-0.2, 0) is 10.0 Å². The SMILES string of the molecule is COc1ccc(S(=O)(=O)N2CC(NCC(O)c3cccc(O)c3)C2)cc1. The van der Waals surface area contributed by atoms with Crippen molar-refractivity contribution in [2.75, 3.05) is 26.7 Å². The zero-order valence-electron chi connectivity index (χ0n) is 14.4. The maximum absolute atomic E-state index is 12.5. The first kappa shape index (κ1) is 18.7. The Labute approximate surface area is 152 Å². The first-order chi connectivity index (χ1) is 12.4. The second kappa shape index (κ2) is 7.63. The molecule has 1 aliphatic heterocycles. The maximum Gasteiger partial charge on any atom is 0.243 e. The number of hydrogen-bond donors (Lipinski definition) is 3. The van der Waals surface area contributed by atoms with E-state index < -0.39 is 16.1 Å². The highest BCUT2D eigenvalue weighted by molar-refractivity contribution is 7.89. The van der Waals surface area contributed by atoms with Gasteiger partial charge in [0.05, 0.1) is 18.1 Å². The van der Waals surface area contributed by atoms with Crippen molar-refractivity contribution in [3.05, 3.63) is 54.1 Å². The maximum atomic E-state index is 12.5. The van der Waals surface area contributed by atoms with Gasteiger partial charge in [0.1, 0.15) is 11.5 Å². The molecule has 3 N–H and O–H groups in total. The highest BCUT2D eigenvalue weighted by Gasteiger charge is 2.36. The lowest BCUT2D eigenvalue weighted by atomic mass is 10.1. The van der Waals surface area contributed by atoms with Crippen molar-refractivity contribution in [3.63, 3.8) is 0 Å². The van der Waals surface area contributed by atoms with Crippen LogP contribution in [0.2, 0.25) is 0 Å². The lowest BCUT2D eigenvalue weighted by Crippen LogP contribution is -2.60. The number of rotatable bonds is 7. The summed E-state index contributed by atoms with van der Waals surface area (Å²) in [6, 6.07) is 12.7. The molecule has 7 nitrogen and oxygen atoms in total. The van der Waals surface area contributed by atoms with E-state index in [0.717, 1.165) is 0 Å². The van der Waals surface area contributed by atoms with Gasteiger partial charge in [-0.05, 0) is 42.0 Å². The van der Waals surface area contributed by atoms with Crippen LogP contribution in [0.25, 0.3) is 0 Å². The van der Waals surface area contributed by atoms with E-state index in [4.69, 9.17) is 4.74 Å². The van der Waals surface area contributed by atoms with Crippen molar-refractivity contribution in [1.82, 2.24) is 9.62 Å². The molecule has 0 aromatic heterocycles. The molecular formula is C18H22N2O5S. The standard InChI is InChI=1S/C18H22N2O5S/c1-25-16-5-7-17(8-6-16)26(23,24)20-11-14(12-20)19-10-18(22)13-3-2-4-15(21)9-13/h2-9,14,18-19,21-22H,10-12H2,1H3. The topological polar surface area (TPSA) is 99.1 Å². The Balaban J connectivity index is 1.51. The first-order valence-corrected chi connectivity index (χ1v) is 9.69. The lowest BCUT2D eigenvalue weighted by molar-refractivity contribution is 0.149. The first-order valence-electron chi connectivity index (χ1n) is 8.25. The van der Waals surface area contributed by atoms with Crippen LogP contribution in [0.5, 0.6) is 11.5 Å². The summed E-state index contributed by atoms with van der Waals surface area (Å²) >= 11 is 0. The fraction of sp³-hybridized carbons (Fsp3) is 0.333. The Bertz CT molecular complexity index is 848. The number of aliphatic hydroxyl groups is 1. The van der Waals surface area contributed by atoms with Crippen molar-refractivity contribution in [1.29, 1.82) is 0 Å². The van der Waals surface area contributed by atoms with Crippen LogP contribution in [0, 0.1) is 0 Å².